The molecule has 0 saturated carbocycles. The Morgan fingerprint density at radius 1 is 1.29 bits per heavy atom. The number of hydrogen-bond donors (Lipinski definition) is 0. The summed E-state index contributed by atoms with van der Waals surface area (Å²) in [5.41, 5.74) is 1.48. The number of carbonyl (C=O) groups is 2. The summed E-state index contributed by atoms with van der Waals surface area (Å²) in [4.78, 5) is 27.7. The van der Waals surface area contributed by atoms with Gasteiger partial charge in [0.1, 0.15) is 23.1 Å². The molecule has 2 heterocycles. The van der Waals surface area contributed by atoms with Crippen LogP contribution in [0.15, 0.2) is 34.7 Å². The van der Waals surface area contributed by atoms with Crippen LogP contribution in [0.25, 0.3) is 10.2 Å². The van der Waals surface area contributed by atoms with E-state index in [0.717, 1.165) is 15.2 Å². The lowest BCUT2D eigenvalue weighted by molar-refractivity contribution is -0.145. The first kappa shape index (κ1) is 16.4. The van der Waals surface area contributed by atoms with Crippen molar-refractivity contribution in [2.24, 2.45) is 0 Å². The average molecular weight is 343 g/mol. The van der Waals surface area contributed by atoms with Crippen LogP contribution in [0.1, 0.15) is 40.2 Å². The Bertz CT molecular complexity index is 860. The molecule has 3 rings (SSSR count). The van der Waals surface area contributed by atoms with E-state index in [-0.39, 0.29) is 24.8 Å². The van der Waals surface area contributed by atoms with E-state index in [2.05, 4.69) is 4.98 Å². The molecule has 6 heteroatoms. The van der Waals surface area contributed by atoms with E-state index in [1.807, 2.05) is 24.3 Å². The molecule has 0 aliphatic rings. The second-order valence-electron chi connectivity index (χ2n) is 5.47. The molecule has 5 nitrogen and oxygen atoms in total. The van der Waals surface area contributed by atoms with Gasteiger partial charge in [-0.1, -0.05) is 12.1 Å². The van der Waals surface area contributed by atoms with E-state index in [9.17, 15) is 9.59 Å². The minimum absolute atomic E-state index is 0.0408. The van der Waals surface area contributed by atoms with Crippen LogP contribution in [0, 0.1) is 6.92 Å². The van der Waals surface area contributed by atoms with Crippen LogP contribution in [0.2, 0.25) is 0 Å². The highest BCUT2D eigenvalue weighted by molar-refractivity contribution is 7.18. The fraction of sp³-hybridized carbons (Fsp3) is 0.278. The molecule has 1 aromatic carbocycles. The van der Waals surface area contributed by atoms with E-state index in [1.165, 1.54) is 18.3 Å². The molecule has 3 aromatic rings. The van der Waals surface area contributed by atoms with Crippen LogP contribution < -0.4 is 0 Å². The molecule has 2 aromatic heterocycles. The van der Waals surface area contributed by atoms with E-state index in [4.69, 9.17) is 9.15 Å². The molecular formula is C18H17NO4S. The van der Waals surface area contributed by atoms with Gasteiger partial charge in [-0.25, -0.2) is 4.98 Å². The maximum absolute atomic E-state index is 11.9. The smallest absolute Gasteiger partial charge is 0.306 e. The number of esters is 1. The normalized spacial score (nSPS) is 10.9. The van der Waals surface area contributed by atoms with E-state index in [0.29, 0.717) is 23.5 Å². The Morgan fingerprint density at radius 3 is 2.79 bits per heavy atom. The maximum Gasteiger partial charge on any atom is 0.306 e. The van der Waals surface area contributed by atoms with Crippen molar-refractivity contribution < 1.29 is 18.7 Å². The number of aromatic nitrogens is 1. The third kappa shape index (κ3) is 3.71. The molecular weight excluding hydrogens is 326 g/mol. The Morgan fingerprint density at radius 2 is 2.08 bits per heavy atom. The number of Topliss-reactive ketones (excluding diaryl/α,β-unsaturated/α-hetero) is 1. The summed E-state index contributed by atoms with van der Waals surface area (Å²) in [6.07, 6.45) is 0.613. The number of thiazole rings is 1. The van der Waals surface area contributed by atoms with Gasteiger partial charge in [0.2, 0.25) is 0 Å². The molecule has 0 amide bonds. The number of furan rings is 1. The summed E-state index contributed by atoms with van der Waals surface area (Å²) in [6, 6.07) is 9.50. The fourth-order valence-electron chi connectivity index (χ4n) is 2.44. The molecule has 0 aliphatic carbocycles. The van der Waals surface area contributed by atoms with Crippen LogP contribution in [0.4, 0.5) is 0 Å². The zero-order valence-corrected chi connectivity index (χ0v) is 14.3. The van der Waals surface area contributed by atoms with Crippen molar-refractivity contribution in [3.05, 3.63) is 52.4 Å². The summed E-state index contributed by atoms with van der Waals surface area (Å²) in [6.45, 7) is 3.41. The number of aryl methyl sites for hydroxylation is 2. The molecule has 0 N–H and O–H groups in total. The lowest BCUT2D eigenvalue weighted by Crippen LogP contribution is -2.05. The van der Waals surface area contributed by atoms with Gasteiger partial charge in [0.25, 0.3) is 0 Å². The topological polar surface area (TPSA) is 69.4 Å². The number of benzene rings is 1. The number of hydrogen-bond acceptors (Lipinski definition) is 6. The minimum Gasteiger partial charge on any atom is -0.466 e. The molecule has 0 spiro atoms. The summed E-state index contributed by atoms with van der Waals surface area (Å²) in [7, 11) is 0. The number of carbonyl (C=O) groups excluding carboxylic acids is 2. The van der Waals surface area contributed by atoms with Crippen molar-refractivity contribution in [3.8, 4) is 0 Å². The fourth-order valence-corrected chi connectivity index (χ4v) is 3.32. The largest absolute Gasteiger partial charge is 0.466 e. The Labute approximate surface area is 143 Å². The van der Waals surface area contributed by atoms with Crippen molar-refractivity contribution in [3.63, 3.8) is 0 Å². The second kappa shape index (κ2) is 6.97. The number of nitrogens with zero attached hydrogens (tertiary/aromatic N) is 1. The van der Waals surface area contributed by atoms with Gasteiger partial charge in [-0.2, -0.15) is 0 Å². The molecule has 0 aliphatic heterocycles. The van der Waals surface area contributed by atoms with Crippen molar-refractivity contribution in [2.75, 3.05) is 0 Å². The quantitative estimate of drug-likeness (QED) is 0.498. The minimum atomic E-state index is -0.312. The molecule has 124 valence electrons. The molecule has 0 atom stereocenters. The third-order valence-electron chi connectivity index (χ3n) is 3.62. The van der Waals surface area contributed by atoms with E-state index >= 15 is 0 Å². The van der Waals surface area contributed by atoms with Crippen molar-refractivity contribution in [1.29, 1.82) is 0 Å². The van der Waals surface area contributed by atoms with Crippen molar-refractivity contribution in [2.45, 2.75) is 33.3 Å². The Hall–Kier alpha value is -2.47. The summed E-state index contributed by atoms with van der Waals surface area (Å²) in [5, 5.41) is 0.775. The van der Waals surface area contributed by atoms with E-state index in [1.54, 1.807) is 13.0 Å². The molecule has 0 fully saturated rings. The Balaban J connectivity index is 1.52. The van der Waals surface area contributed by atoms with Crippen LogP contribution in [0.3, 0.4) is 0 Å². The second-order valence-corrected chi connectivity index (χ2v) is 6.59. The average Bonchev–Trinajstić information content (AvgIpc) is 3.13. The summed E-state index contributed by atoms with van der Waals surface area (Å²) < 4.78 is 11.8. The van der Waals surface area contributed by atoms with Gasteiger partial charge in [-0.15, -0.1) is 11.3 Å². The van der Waals surface area contributed by atoms with Gasteiger partial charge in [0.15, 0.2) is 5.78 Å². The first-order valence-electron chi connectivity index (χ1n) is 7.63. The number of para-hydroxylation sites is 1. The van der Waals surface area contributed by atoms with Gasteiger partial charge in [-0.3, -0.25) is 9.59 Å². The first-order chi connectivity index (χ1) is 11.5. The predicted octanol–water partition coefficient (Wildman–Crippen LogP) is 4.08. The molecule has 24 heavy (non-hydrogen) atoms. The molecule has 0 unspecified atom stereocenters. The maximum atomic E-state index is 11.9. The van der Waals surface area contributed by atoms with Gasteiger partial charge in [0.05, 0.1) is 22.2 Å². The third-order valence-corrected chi connectivity index (χ3v) is 4.63. The SMILES string of the molecule is CC(=O)c1cc(CCC(=O)OCc2nc3ccccc3s2)oc1C. The van der Waals surface area contributed by atoms with Gasteiger partial charge < -0.3 is 9.15 Å². The van der Waals surface area contributed by atoms with Crippen LogP contribution in [0.5, 0.6) is 0 Å². The number of rotatable bonds is 6. The van der Waals surface area contributed by atoms with Crippen molar-refractivity contribution >= 4 is 33.3 Å². The standard InChI is InChI=1S/C18H17NO4S/c1-11(20)14-9-13(23-12(14)2)7-8-18(21)22-10-17-19-15-5-3-4-6-16(15)24-17/h3-6,9H,7-8,10H2,1-2H3. The van der Waals surface area contributed by atoms with Crippen LogP contribution in [-0.4, -0.2) is 16.7 Å². The zero-order chi connectivity index (χ0) is 17.1. The lowest BCUT2D eigenvalue weighted by atomic mass is 10.1. The predicted molar refractivity (Wildman–Crippen MR) is 91.2 cm³/mol. The summed E-state index contributed by atoms with van der Waals surface area (Å²) >= 11 is 1.52. The zero-order valence-electron chi connectivity index (χ0n) is 13.5. The number of ether oxygens (including phenoxy) is 1. The summed E-state index contributed by atoms with van der Waals surface area (Å²) in [5.74, 6) is 0.851. The highest BCUT2D eigenvalue weighted by Gasteiger charge is 2.13. The van der Waals surface area contributed by atoms with Gasteiger partial charge >= 0.3 is 5.97 Å². The highest BCUT2D eigenvalue weighted by atomic mass is 32.1. The van der Waals surface area contributed by atoms with Crippen molar-refractivity contribution in [1.82, 2.24) is 4.98 Å². The van der Waals surface area contributed by atoms with Crippen LogP contribution >= 0.6 is 11.3 Å². The van der Waals surface area contributed by atoms with Gasteiger partial charge in [-0.05, 0) is 32.0 Å². The monoisotopic (exact) mass is 343 g/mol. The number of ketones is 1. The van der Waals surface area contributed by atoms with E-state index < -0.39 is 0 Å². The molecule has 0 radical (unpaired) electrons. The molecule has 0 bridgehead atoms. The highest BCUT2D eigenvalue weighted by Crippen LogP contribution is 2.22. The molecule has 0 saturated heterocycles. The Kier molecular flexibility index (Phi) is 4.76. The van der Waals surface area contributed by atoms with Gasteiger partial charge in [0, 0.05) is 6.42 Å². The number of fused-ring (bicyclic) bond motifs is 1. The van der Waals surface area contributed by atoms with Crippen LogP contribution in [-0.2, 0) is 22.6 Å². The first-order valence-corrected chi connectivity index (χ1v) is 8.45. The lowest BCUT2D eigenvalue weighted by Gasteiger charge is -2.01.